The maximum Gasteiger partial charge on any atom is 0.180 e. The van der Waals surface area contributed by atoms with Gasteiger partial charge in [-0.3, -0.25) is 0 Å². The first-order chi connectivity index (χ1) is 9.17. The normalized spacial score (nSPS) is 20.3. The second-order valence-electron chi connectivity index (χ2n) is 4.66. The lowest BCUT2D eigenvalue weighted by Gasteiger charge is -2.11. The minimum absolute atomic E-state index is 0.115. The molecular weight excluding hydrogens is 262 g/mol. The SMILES string of the molecule is O=S1(=O)CC(NCCc2ccco2)c2ccccc21. The Morgan fingerprint density at radius 3 is 2.84 bits per heavy atom. The van der Waals surface area contributed by atoms with Gasteiger partial charge >= 0.3 is 0 Å². The van der Waals surface area contributed by atoms with E-state index in [-0.39, 0.29) is 11.8 Å². The fourth-order valence-corrected chi connectivity index (χ4v) is 4.22. The number of hydrogen-bond acceptors (Lipinski definition) is 4. The van der Waals surface area contributed by atoms with E-state index in [1.54, 1.807) is 18.4 Å². The molecule has 1 aliphatic heterocycles. The van der Waals surface area contributed by atoms with E-state index in [0.717, 1.165) is 17.7 Å². The Morgan fingerprint density at radius 1 is 1.21 bits per heavy atom. The van der Waals surface area contributed by atoms with Gasteiger partial charge in [0.05, 0.1) is 16.9 Å². The summed E-state index contributed by atoms with van der Waals surface area (Å²) in [4.78, 5) is 0.463. The molecule has 0 aliphatic carbocycles. The van der Waals surface area contributed by atoms with Crippen molar-refractivity contribution in [2.75, 3.05) is 12.3 Å². The molecule has 1 atom stereocenters. The van der Waals surface area contributed by atoms with E-state index in [1.807, 2.05) is 24.3 Å². The van der Waals surface area contributed by atoms with Crippen LogP contribution in [0.1, 0.15) is 17.4 Å². The summed E-state index contributed by atoms with van der Waals surface area (Å²) < 4.78 is 29.2. The Hall–Kier alpha value is -1.59. The monoisotopic (exact) mass is 277 g/mol. The number of fused-ring (bicyclic) bond motifs is 1. The average Bonchev–Trinajstić information content (AvgIpc) is 2.98. The molecule has 0 saturated carbocycles. The summed E-state index contributed by atoms with van der Waals surface area (Å²) in [5, 5.41) is 3.29. The Kier molecular flexibility index (Phi) is 3.16. The van der Waals surface area contributed by atoms with Gasteiger partial charge in [-0.25, -0.2) is 8.42 Å². The van der Waals surface area contributed by atoms with Crippen molar-refractivity contribution in [2.24, 2.45) is 0 Å². The highest BCUT2D eigenvalue weighted by atomic mass is 32.2. The van der Waals surface area contributed by atoms with E-state index < -0.39 is 9.84 Å². The van der Waals surface area contributed by atoms with E-state index in [2.05, 4.69) is 5.32 Å². The molecule has 0 amide bonds. The highest BCUT2D eigenvalue weighted by Gasteiger charge is 2.33. The van der Waals surface area contributed by atoms with Gasteiger partial charge in [-0.2, -0.15) is 0 Å². The van der Waals surface area contributed by atoms with Gasteiger partial charge in [0.2, 0.25) is 0 Å². The number of nitrogens with one attached hydrogen (secondary N) is 1. The van der Waals surface area contributed by atoms with Crippen LogP contribution in [-0.4, -0.2) is 20.7 Å². The van der Waals surface area contributed by atoms with Crippen molar-refractivity contribution in [1.29, 1.82) is 0 Å². The quantitative estimate of drug-likeness (QED) is 0.928. The van der Waals surface area contributed by atoms with Gasteiger partial charge in [0.1, 0.15) is 5.76 Å². The van der Waals surface area contributed by atoms with Crippen LogP contribution in [0.2, 0.25) is 0 Å². The van der Waals surface area contributed by atoms with Gasteiger partial charge in [0, 0.05) is 19.0 Å². The molecule has 1 aromatic heterocycles. The summed E-state index contributed by atoms with van der Waals surface area (Å²) >= 11 is 0. The standard InChI is InChI=1S/C14H15NO3S/c16-19(17)10-13(12-5-1-2-6-14(12)19)15-8-7-11-4-3-9-18-11/h1-6,9,13,15H,7-8,10H2. The zero-order valence-corrected chi connectivity index (χ0v) is 11.2. The van der Waals surface area contributed by atoms with Crippen LogP contribution in [0, 0.1) is 0 Å². The van der Waals surface area contributed by atoms with Gasteiger partial charge < -0.3 is 9.73 Å². The fraction of sp³-hybridized carbons (Fsp3) is 0.286. The molecule has 2 aromatic rings. The summed E-state index contributed by atoms with van der Waals surface area (Å²) in [6.07, 6.45) is 2.40. The molecule has 4 nitrogen and oxygen atoms in total. The minimum Gasteiger partial charge on any atom is -0.469 e. The summed E-state index contributed by atoms with van der Waals surface area (Å²) in [6.45, 7) is 0.696. The van der Waals surface area contributed by atoms with Crippen molar-refractivity contribution in [2.45, 2.75) is 17.4 Å². The second-order valence-corrected chi connectivity index (χ2v) is 6.66. The molecule has 1 unspecified atom stereocenters. The molecule has 0 spiro atoms. The summed E-state index contributed by atoms with van der Waals surface area (Å²) in [6, 6.07) is 10.9. The maximum absolute atomic E-state index is 12.0. The smallest absolute Gasteiger partial charge is 0.180 e. The van der Waals surface area contributed by atoms with E-state index in [0.29, 0.717) is 11.4 Å². The topological polar surface area (TPSA) is 59.3 Å². The fourth-order valence-electron chi connectivity index (χ4n) is 2.44. The lowest BCUT2D eigenvalue weighted by Crippen LogP contribution is -2.24. The predicted molar refractivity (Wildman–Crippen MR) is 71.7 cm³/mol. The number of rotatable bonds is 4. The van der Waals surface area contributed by atoms with Crippen LogP contribution in [0.25, 0.3) is 0 Å². The van der Waals surface area contributed by atoms with E-state index in [1.165, 1.54) is 0 Å². The first-order valence-electron chi connectivity index (χ1n) is 6.24. The molecule has 0 fully saturated rings. The van der Waals surface area contributed by atoms with Crippen LogP contribution in [0.3, 0.4) is 0 Å². The first-order valence-corrected chi connectivity index (χ1v) is 7.89. The molecule has 1 aromatic carbocycles. The van der Waals surface area contributed by atoms with E-state index in [4.69, 9.17) is 4.42 Å². The number of benzene rings is 1. The van der Waals surface area contributed by atoms with Gasteiger partial charge in [0.15, 0.2) is 9.84 Å². The molecule has 1 N–H and O–H groups in total. The summed E-state index contributed by atoms with van der Waals surface area (Å²) in [5.41, 5.74) is 0.877. The number of hydrogen-bond donors (Lipinski definition) is 1. The molecule has 5 heteroatoms. The predicted octanol–water partition coefficient (Wildman–Crippen LogP) is 1.94. The van der Waals surface area contributed by atoms with Crippen molar-refractivity contribution < 1.29 is 12.8 Å². The van der Waals surface area contributed by atoms with Gasteiger partial charge in [-0.1, -0.05) is 18.2 Å². The zero-order valence-electron chi connectivity index (χ0n) is 10.4. The Balaban J connectivity index is 1.70. The molecule has 3 rings (SSSR count). The van der Waals surface area contributed by atoms with Crippen LogP contribution in [-0.2, 0) is 16.3 Å². The van der Waals surface area contributed by atoms with Gasteiger partial charge in [-0.05, 0) is 23.8 Å². The van der Waals surface area contributed by atoms with Crippen LogP contribution in [0.15, 0.2) is 52.0 Å². The molecular formula is C14H15NO3S. The third kappa shape index (κ3) is 2.43. The average molecular weight is 277 g/mol. The Bertz CT molecular complexity index is 662. The van der Waals surface area contributed by atoms with Crippen molar-refractivity contribution in [3.8, 4) is 0 Å². The highest BCUT2D eigenvalue weighted by Crippen LogP contribution is 2.32. The van der Waals surface area contributed by atoms with E-state index >= 15 is 0 Å². The molecule has 2 heterocycles. The van der Waals surface area contributed by atoms with Gasteiger partial charge in [-0.15, -0.1) is 0 Å². The Labute approximate surface area is 112 Å². The number of sulfone groups is 1. The zero-order chi connectivity index (χ0) is 13.3. The van der Waals surface area contributed by atoms with Crippen molar-refractivity contribution >= 4 is 9.84 Å². The summed E-state index contributed by atoms with van der Waals surface area (Å²) in [5.74, 6) is 1.05. The highest BCUT2D eigenvalue weighted by molar-refractivity contribution is 7.91. The van der Waals surface area contributed by atoms with E-state index in [9.17, 15) is 8.42 Å². The van der Waals surface area contributed by atoms with Crippen LogP contribution < -0.4 is 5.32 Å². The molecule has 0 radical (unpaired) electrons. The van der Waals surface area contributed by atoms with Crippen LogP contribution >= 0.6 is 0 Å². The molecule has 100 valence electrons. The molecule has 0 bridgehead atoms. The first kappa shape index (κ1) is 12.4. The van der Waals surface area contributed by atoms with Crippen molar-refractivity contribution in [1.82, 2.24) is 5.32 Å². The van der Waals surface area contributed by atoms with Crippen molar-refractivity contribution in [3.05, 3.63) is 54.0 Å². The maximum atomic E-state index is 12.0. The third-order valence-electron chi connectivity index (χ3n) is 3.36. The van der Waals surface area contributed by atoms with Crippen LogP contribution in [0.5, 0.6) is 0 Å². The lowest BCUT2D eigenvalue weighted by molar-refractivity contribution is 0.487. The van der Waals surface area contributed by atoms with Crippen molar-refractivity contribution in [3.63, 3.8) is 0 Å². The molecule has 1 aliphatic rings. The van der Waals surface area contributed by atoms with Crippen LogP contribution in [0.4, 0.5) is 0 Å². The minimum atomic E-state index is -3.12. The lowest BCUT2D eigenvalue weighted by atomic mass is 10.1. The Morgan fingerprint density at radius 2 is 2.05 bits per heavy atom. The summed E-state index contributed by atoms with van der Waals surface area (Å²) in [7, 11) is -3.12. The van der Waals surface area contributed by atoms with Gasteiger partial charge in [0.25, 0.3) is 0 Å². The second kappa shape index (κ2) is 4.83. The molecule has 0 saturated heterocycles. The molecule has 19 heavy (non-hydrogen) atoms. The third-order valence-corrected chi connectivity index (χ3v) is 5.17. The number of furan rings is 1. The largest absolute Gasteiger partial charge is 0.469 e.